The summed E-state index contributed by atoms with van der Waals surface area (Å²) in [5.74, 6) is 1.71. The lowest BCUT2D eigenvalue weighted by molar-refractivity contribution is 0.170. The Labute approximate surface area is 108 Å². The Morgan fingerprint density at radius 3 is 2.56 bits per heavy atom. The van der Waals surface area contributed by atoms with Gasteiger partial charge in [0, 0.05) is 12.6 Å². The number of ether oxygens (including phenoxy) is 2. The molecule has 0 aliphatic carbocycles. The van der Waals surface area contributed by atoms with Crippen LogP contribution in [0.25, 0.3) is 0 Å². The standard InChI is InChI=1S/C14H20N2O2/c15-10-12(16-5-1-2-6-16)11-3-4-13-14(9-11)18-8-7-17-13/h3-4,9,12H,1-2,5-8,10,15H2. The van der Waals surface area contributed by atoms with Crippen molar-refractivity contribution in [3.8, 4) is 11.5 Å². The molecule has 4 heteroatoms. The number of hydrogen-bond acceptors (Lipinski definition) is 4. The van der Waals surface area contributed by atoms with Crippen LogP contribution in [0.3, 0.4) is 0 Å². The van der Waals surface area contributed by atoms with Crippen LogP contribution >= 0.6 is 0 Å². The molecule has 1 aromatic rings. The lowest BCUT2D eigenvalue weighted by Crippen LogP contribution is -2.31. The first-order valence-corrected chi connectivity index (χ1v) is 6.72. The van der Waals surface area contributed by atoms with E-state index in [1.54, 1.807) is 0 Å². The molecule has 1 saturated heterocycles. The lowest BCUT2D eigenvalue weighted by Gasteiger charge is -2.28. The van der Waals surface area contributed by atoms with Gasteiger partial charge in [-0.3, -0.25) is 4.90 Å². The smallest absolute Gasteiger partial charge is 0.161 e. The van der Waals surface area contributed by atoms with Crippen molar-refractivity contribution >= 4 is 0 Å². The van der Waals surface area contributed by atoms with E-state index >= 15 is 0 Å². The van der Waals surface area contributed by atoms with E-state index in [1.165, 1.54) is 18.4 Å². The summed E-state index contributed by atoms with van der Waals surface area (Å²) >= 11 is 0. The Bertz CT molecular complexity index is 416. The van der Waals surface area contributed by atoms with E-state index in [0.29, 0.717) is 25.8 Å². The Kier molecular flexibility index (Phi) is 3.39. The van der Waals surface area contributed by atoms with Crippen molar-refractivity contribution in [3.05, 3.63) is 23.8 Å². The van der Waals surface area contributed by atoms with E-state index in [1.807, 2.05) is 6.07 Å². The molecule has 0 saturated carbocycles. The van der Waals surface area contributed by atoms with Crippen molar-refractivity contribution in [2.24, 2.45) is 5.73 Å². The van der Waals surface area contributed by atoms with Gasteiger partial charge in [-0.1, -0.05) is 6.07 Å². The largest absolute Gasteiger partial charge is 0.486 e. The number of benzene rings is 1. The number of nitrogens with zero attached hydrogens (tertiary/aromatic N) is 1. The molecular weight excluding hydrogens is 228 g/mol. The third-order valence-electron chi connectivity index (χ3n) is 3.76. The first-order chi connectivity index (χ1) is 8.88. The Hall–Kier alpha value is -1.26. The van der Waals surface area contributed by atoms with Crippen LogP contribution in [-0.4, -0.2) is 37.7 Å². The second-order valence-corrected chi connectivity index (χ2v) is 4.90. The quantitative estimate of drug-likeness (QED) is 0.881. The number of hydrogen-bond donors (Lipinski definition) is 1. The summed E-state index contributed by atoms with van der Waals surface area (Å²) < 4.78 is 11.2. The van der Waals surface area contributed by atoms with Gasteiger partial charge in [0.25, 0.3) is 0 Å². The van der Waals surface area contributed by atoms with Crippen LogP contribution in [0, 0.1) is 0 Å². The third-order valence-corrected chi connectivity index (χ3v) is 3.76. The van der Waals surface area contributed by atoms with Gasteiger partial charge in [0.1, 0.15) is 13.2 Å². The first-order valence-electron chi connectivity index (χ1n) is 6.72. The van der Waals surface area contributed by atoms with Gasteiger partial charge in [-0.05, 0) is 43.6 Å². The Balaban J connectivity index is 1.85. The van der Waals surface area contributed by atoms with Gasteiger partial charge in [-0.15, -0.1) is 0 Å². The topological polar surface area (TPSA) is 47.7 Å². The second kappa shape index (κ2) is 5.16. The minimum Gasteiger partial charge on any atom is -0.486 e. The molecule has 2 aliphatic heterocycles. The molecule has 1 atom stereocenters. The predicted molar refractivity (Wildman–Crippen MR) is 70.0 cm³/mol. The summed E-state index contributed by atoms with van der Waals surface area (Å²) in [5.41, 5.74) is 7.19. The molecule has 1 fully saturated rings. The monoisotopic (exact) mass is 248 g/mol. The van der Waals surface area contributed by atoms with Crippen LogP contribution in [-0.2, 0) is 0 Å². The molecule has 0 spiro atoms. The van der Waals surface area contributed by atoms with Crippen LogP contribution in [0.5, 0.6) is 11.5 Å². The van der Waals surface area contributed by atoms with Crippen LogP contribution < -0.4 is 15.2 Å². The van der Waals surface area contributed by atoms with E-state index in [2.05, 4.69) is 17.0 Å². The molecule has 0 bridgehead atoms. The van der Waals surface area contributed by atoms with Crippen LogP contribution in [0.4, 0.5) is 0 Å². The van der Waals surface area contributed by atoms with E-state index in [-0.39, 0.29) is 0 Å². The number of fused-ring (bicyclic) bond motifs is 1. The van der Waals surface area contributed by atoms with Crippen LogP contribution in [0.2, 0.25) is 0 Å². The fourth-order valence-electron chi connectivity index (χ4n) is 2.82. The second-order valence-electron chi connectivity index (χ2n) is 4.90. The molecule has 2 aliphatic rings. The maximum absolute atomic E-state index is 5.95. The molecule has 3 rings (SSSR count). The molecule has 2 N–H and O–H groups in total. The normalized spacial score (nSPS) is 20.9. The average Bonchev–Trinajstić information content (AvgIpc) is 2.93. The van der Waals surface area contributed by atoms with Crippen molar-refractivity contribution in [1.29, 1.82) is 0 Å². The first kappa shape index (κ1) is 11.8. The maximum atomic E-state index is 5.95. The van der Waals surface area contributed by atoms with Gasteiger partial charge >= 0.3 is 0 Å². The van der Waals surface area contributed by atoms with Crippen molar-refractivity contribution < 1.29 is 9.47 Å². The highest BCUT2D eigenvalue weighted by atomic mass is 16.6. The maximum Gasteiger partial charge on any atom is 0.161 e. The van der Waals surface area contributed by atoms with E-state index in [4.69, 9.17) is 15.2 Å². The molecular formula is C14H20N2O2. The van der Waals surface area contributed by atoms with Gasteiger partial charge in [0.15, 0.2) is 11.5 Å². The van der Waals surface area contributed by atoms with E-state index in [9.17, 15) is 0 Å². The van der Waals surface area contributed by atoms with Crippen molar-refractivity contribution in [2.45, 2.75) is 18.9 Å². The Morgan fingerprint density at radius 1 is 1.11 bits per heavy atom. The summed E-state index contributed by atoms with van der Waals surface area (Å²) in [6, 6.07) is 6.51. The van der Waals surface area contributed by atoms with E-state index in [0.717, 1.165) is 24.6 Å². The SMILES string of the molecule is NCC(c1ccc2c(c1)OCCO2)N1CCCC1. The number of likely N-dealkylation sites (tertiary alicyclic amines) is 1. The predicted octanol–water partition coefficient (Wildman–Crippen LogP) is 1.55. The van der Waals surface area contributed by atoms with Crippen molar-refractivity contribution in [2.75, 3.05) is 32.8 Å². The van der Waals surface area contributed by atoms with Gasteiger partial charge in [0.05, 0.1) is 0 Å². The Morgan fingerprint density at radius 2 is 1.83 bits per heavy atom. The van der Waals surface area contributed by atoms with Crippen molar-refractivity contribution in [3.63, 3.8) is 0 Å². The zero-order chi connectivity index (χ0) is 12.4. The highest BCUT2D eigenvalue weighted by molar-refractivity contribution is 5.44. The summed E-state index contributed by atoms with van der Waals surface area (Å²) in [5, 5.41) is 0. The molecule has 2 heterocycles. The van der Waals surface area contributed by atoms with Gasteiger partial charge in [-0.2, -0.15) is 0 Å². The molecule has 1 aromatic carbocycles. The average molecular weight is 248 g/mol. The highest BCUT2D eigenvalue weighted by Crippen LogP contribution is 2.34. The molecule has 18 heavy (non-hydrogen) atoms. The molecule has 98 valence electrons. The highest BCUT2D eigenvalue weighted by Gasteiger charge is 2.23. The molecule has 4 nitrogen and oxygen atoms in total. The molecule has 0 amide bonds. The van der Waals surface area contributed by atoms with Gasteiger partial charge in [-0.25, -0.2) is 0 Å². The zero-order valence-electron chi connectivity index (χ0n) is 10.6. The van der Waals surface area contributed by atoms with E-state index < -0.39 is 0 Å². The summed E-state index contributed by atoms with van der Waals surface area (Å²) in [6.45, 7) is 4.22. The summed E-state index contributed by atoms with van der Waals surface area (Å²) in [7, 11) is 0. The third kappa shape index (κ3) is 2.18. The summed E-state index contributed by atoms with van der Waals surface area (Å²) in [6.07, 6.45) is 2.56. The van der Waals surface area contributed by atoms with Crippen LogP contribution in [0.1, 0.15) is 24.4 Å². The fraction of sp³-hybridized carbons (Fsp3) is 0.571. The molecule has 0 aromatic heterocycles. The lowest BCUT2D eigenvalue weighted by atomic mass is 10.0. The number of nitrogens with two attached hydrogens (primary N) is 1. The van der Waals surface area contributed by atoms with Gasteiger partial charge < -0.3 is 15.2 Å². The molecule has 1 unspecified atom stereocenters. The molecule has 0 radical (unpaired) electrons. The van der Waals surface area contributed by atoms with Gasteiger partial charge in [0.2, 0.25) is 0 Å². The minimum absolute atomic E-state index is 0.309. The fourth-order valence-corrected chi connectivity index (χ4v) is 2.82. The van der Waals surface area contributed by atoms with Crippen LogP contribution in [0.15, 0.2) is 18.2 Å². The summed E-state index contributed by atoms with van der Waals surface area (Å²) in [4.78, 5) is 2.46. The number of rotatable bonds is 3. The van der Waals surface area contributed by atoms with Crippen molar-refractivity contribution in [1.82, 2.24) is 4.90 Å². The minimum atomic E-state index is 0.309. The zero-order valence-corrected chi connectivity index (χ0v) is 10.6.